The van der Waals surface area contributed by atoms with Gasteiger partial charge >= 0.3 is 0 Å². The summed E-state index contributed by atoms with van der Waals surface area (Å²) in [5.41, 5.74) is 5.23. The zero-order valence-corrected chi connectivity index (χ0v) is 13.6. The van der Waals surface area contributed by atoms with Crippen molar-refractivity contribution in [2.24, 2.45) is 42.5 Å². The second-order valence-corrected chi connectivity index (χ2v) is 7.61. The number of hydrogen-bond donors (Lipinski definition) is 2. The van der Waals surface area contributed by atoms with E-state index in [4.69, 9.17) is 17.4 Å². The second-order valence-electron chi connectivity index (χ2n) is 7.23. The lowest BCUT2D eigenvalue weighted by Gasteiger charge is -2.20. The number of nitrogens with zero attached hydrogens (tertiary/aromatic N) is 2. The average molecular weight is 309 g/mol. The summed E-state index contributed by atoms with van der Waals surface area (Å²) in [4.78, 5) is 0. The van der Waals surface area contributed by atoms with Crippen molar-refractivity contribution in [1.29, 1.82) is 0 Å². The fraction of sp³-hybridized carbons (Fsp3) is 0.812. The number of nitrogens with two attached hydrogens (primary N) is 1. The highest BCUT2D eigenvalue weighted by Gasteiger charge is 2.66. The molecular formula is C16H25ClN4. The van der Waals surface area contributed by atoms with E-state index >= 15 is 0 Å². The van der Waals surface area contributed by atoms with Crippen LogP contribution in [0.25, 0.3) is 0 Å². The molecule has 3 N–H and O–H groups in total. The summed E-state index contributed by atoms with van der Waals surface area (Å²) in [6.45, 7) is 2.10. The van der Waals surface area contributed by atoms with Gasteiger partial charge in [-0.1, -0.05) is 18.5 Å². The predicted octanol–water partition coefficient (Wildman–Crippen LogP) is 2.30. The maximum Gasteiger partial charge on any atom is 0.0850 e. The highest BCUT2D eigenvalue weighted by molar-refractivity contribution is 6.31. The Morgan fingerprint density at radius 2 is 2.05 bits per heavy atom. The van der Waals surface area contributed by atoms with Crippen LogP contribution in [-0.4, -0.2) is 15.8 Å². The molecule has 3 aliphatic rings. The Morgan fingerprint density at radius 3 is 2.57 bits per heavy atom. The number of aryl methyl sites for hydroxylation is 2. The Morgan fingerprint density at radius 1 is 1.38 bits per heavy atom. The summed E-state index contributed by atoms with van der Waals surface area (Å²) in [7, 11) is 1.99. The number of nitrogens with one attached hydrogen (secondary N) is 1. The van der Waals surface area contributed by atoms with Crippen molar-refractivity contribution >= 4 is 11.6 Å². The molecule has 116 valence electrons. The Hall–Kier alpha value is -0.580. The minimum absolute atomic E-state index is 0.348. The number of hydrogen-bond acceptors (Lipinski definition) is 3. The lowest BCUT2D eigenvalue weighted by Crippen LogP contribution is -2.40. The highest BCUT2D eigenvalue weighted by Crippen LogP contribution is 2.70. The van der Waals surface area contributed by atoms with Crippen molar-refractivity contribution in [3.05, 3.63) is 16.4 Å². The van der Waals surface area contributed by atoms with E-state index in [9.17, 15) is 0 Å². The molecule has 0 radical (unpaired) electrons. The number of halogens is 1. The molecule has 1 aromatic rings. The molecule has 2 bridgehead atoms. The molecule has 0 aromatic carbocycles. The van der Waals surface area contributed by atoms with Crippen molar-refractivity contribution in [1.82, 2.24) is 15.2 Å². The fourth-order valence-corrected chi connectivity index (χ4v) is 5.86. The molecule has 0 spiro atoms. The van der Waals surface area contributed by atoms with Gasteiger partial charge in [-0.15, -0.1) is 0 Å². The minimum Gasteiger partial charge on any atom is -0.271 e. The van der Waals surface area contributed by atoms with Crippen LogP contribution < -0.4 is 11.3 Å². The first-order valence-corrected chi connectivity index (χ1v) is 8.69. The molecule has 0 amide bonds. The van der Waals surface area contributed by atoms with E-state index in [-0.39, 0.29) is 0 Å². The first-order valence-electron chi connectivity index (χ1n) is 8.32. The minimum atomic E-state index is 0.348. The largest absolute Gasteiger partial charge is 0.271 e. The molecule has 0 saturated heterocycles. The zero-order valence-electron chi connectivity index (χ0n) is 12.8. The van der Waals surface area contributed by atoms with E-state index < -0.39 is 0 Å². The topological polar surface area (TPSA) is 55.9 Å². The van der Waals surface area contributed by atoms with Crippen LogP contribution >= 0.6 is 11.6 Å². The molecule has 5 unspecified atom stereocenters. The number of rotatable bonds is 5. The van der Waals surface area contributed by atoms with Gasteiger partial charge in [0.2, 0.25) is 0 Å². The average Bonchev–Trinajstić information content (AvgIpc) is 2.79. The first kappa shape index (κ1) is 14.0. The van der Waals surface area contributed by atoms with Crippen molar-refractivity contribution < 1.29 is 0 Å². The molecule has 1 heterocycles. The summed E-state index contributed by atoms with van der Waals surface area (Å²) in [5, 5.41) is 5.37. The molecule has 1 aromatic heterocycles. The van der Waals surface area contributed by atoms with E-state index in [1.54, 1.807) is 0 Å². The SMILES string of the molecule is CCc1nn(C)c(CC(NN)C2C3C4CCC(C4)C32)c1Cl. The Balaban J connectivity index is 1.52. The van der Waals surface area contributed by atoms with Crippen LogP contribution in [0, 0.1) is 29.6 Å². The smallest absolute Gasteiger partial charge is 0.0850 e. The molecule has 4 rings (SSSR count). The molecule has 3 aliphatic carbocycles. The van der Waals surface area contributed by atoms with E-state index in [1.807, 2.05) is 11.7 Å². The van der Waals surface area contributed by atoms with Gasteiger partial charge in [-0.05, 0) is 55.3 Å². The lowest BCUT2D eigenvalue weighted by molar-refractivity contribution is 0.360. The Labute approximate surface area is 131 Å². The molecule has 3 fully saturated rings. The quantitative estimate of drug-likeness (QED) is 0.648. The predicted molar refractivity (Wildman–Crippen MR) is 83.7 cm³/mol. The van der Waals surface area contributed by atoms with E-state index in [0.717, 1.165) is 58.8 Å². The van der Waals surface area contributed by atoms with Crippen LogP contribution in [0.3, 0.4) is 0 Å². The van der Waals surface area contributed by atoms with Crippen molar-refractivity contribution in [3.8, 4) is 0 Å². The standard InChI is InChI=1S/C16H25ClN4/c1-3-10-16(17)12(21(2)20-10)7-11(19-18)15-13-8-4-5-9(6-8)14(13)15/h8-9,11,13-15,19H,3-7,18H2,1-2H3. The summed E-state index contributed by atoms with van der Waals surface area (Å²) in [5.74, 6) is 10.5. The van der Waals surface area contributed by atoms with Crippen molar-refractivity contribution in [3.63, 3.8) is 0 Å². The molecule has 5 heteroatoms. The lowest BCUT2D eigenvalue weighted by atomic mass is 9.95. The summed E-state index contributed by atoms with van der Waals surface area (Å²) in [6.07, 6.45) is 6.16. The van der Waals surface area contributed by atoms with Crippen LogP contribution in [-0.2, 0) is 19.9 Å². The highest BCUT2D eigenvalue weighted by atomic mass is 35.5. The first-order chi connectivity index (χ1) is 10.2. The number of aromatic nitrogens is 2. The molecule has 4 nitrogen and oxygen atoms in total. The van der Waals surface area contributed by atoms with Gasteiger partial charge in [0.1, 0.15) is 0 Å². The van der Waals surface area contributed by atoms with Crippen molar-refractivity contribution in [2.75, 3.05) is 0 Å². The van der Waals surface area contributed by atoms with E-state index in [2.05, 4.69) is 17.4 Å². The zero-order chi connectivity index (χ0) is 14.7. The third kappa shape index (κ3) is 1.99. The molecule has 0 aliphatic heterocycles. The van der Waals surface area contributed by atoms with Gasteiger partial charge in [-0.2, -0.15) is 5.10 Å². The maximum absolute atomic E-state index is 6.49. The van der Waals surface area contributed by atoms with Gasteiger partial charge in [-0.3, -0.25) is 16.0 Å². The van der Waals surface area contributed by atoms with Crippen LogP contribution in [0.2, 0.25) is 5.02 Å². The van der Waals surface area contributed by atoms with Gasteiger partial charge in [0.05, 0.1) is 16.4 Å². The van der Waals surface area contributed by atoms with Gasteiger partial charge in [0.15, 0.2) is 0 Å². The van der Waals surface area contributed by atoms with Crippen LogP contribution in [0.15, 0.2) is 0 Å². The van der Waals surface area contributed by atoms with Crippen LogP contribution in [0.5, 0.6) is 0 Å². The molecule has 5 atom stereocenters. The van der Waals surface area contributed by atoms with Gasteiger partial charge in [0, 0.05) is 19.5 Å². The monoisotopic (exact) mass is 308 g/mol. The summed E-state index contributed by atoms with van der Waals surface area (Å²) in [6, 6.07) is 0.348. The number of fused-ring (bicyclic) bond motifs is 5. The maximum atomic E-state index is 6.49. The Bertz CT molecular complexity index is 539. The third-order valence-electron chi connectivity index (χ3n) is 6.39. The van der Waals surface area contributed by atoms with Gasteiger partial charge in [0.25, 0.3) is 0 Å². The van der Waals surface area contributed by atoms with Crippen LogP contribution in [0.4, 0.5) is 0 Å². The fourth-order valence-electron chi connectivity index (χ4n) is 5.49. The van der Waals surface area contributed by atoms with E-state index in [0.29, 0.717) is 6.04 Å². The van der Waals surface area contributed by atoms with Gasteiger partial charge < -0.3 is 0 Å². The Kier molecular flexibility index (Phi) is 3.32. The molecular weight excluding hydrogens is 284 g/mol. The molecule has 21 heavy (non-hydrogen) atoms. The van der Waals surface area contributed by atoms with Gasteiger partial charge in [-0.25, -0.2) is 0 Å². The third-order valence-corrected chi connectivity index (χ3v) is 6.83. The summed E-state index contributed by atoms with van der Waals surface area (Å²) < 4.78 is 1.94. The summed E-state index contributed by atoms with van der Waals surface area (Å²) >= 11 is 6.49. The van der Waals surface area contributed by atoms with Crippen molar-refractivity contribution in [2.45, 2.75) is 45.1 Å². The van der Waals surface area contributed by atoms with E-state index in [1.165, 1.54) is 19.3 Å². The van der Waals surface area contributed by atoms with Crippen LogP contribution in [0.1, 0.15) is 37.6 Å². The second kappa shape index (κ2) is 4.97. The normalized spacial score (nSPS) is 37.8. The molecule has 3 saturated carbocycles. The number of hydrazine groups is 1.